The number of aryl methyl sites for hydroxylation is 1. The topological polar surface area (TPSA) is 73.9 Å². The van der Waals surface area contributed by atoms with Crippen LogP contribution in [-0.4, -0.2) is 24.8 Å². The Labute approximate surface area is 145 Å². The number of benzene rings is 2. The van der Waals surface area contributed by atoms with E-state index in [1.54, 1.807) is 25.1 Å². The average Bonchev–Trinajstić information content (AvgIpc) is 3.07. The summed E-state index contributed by atoms with van der Waals surface area (Å²) in [6, 6.07) is 12.5. The van der Waals surface area contributed by atoms with E-state index in [1.807, 2.05) is 31.2 Å². The first-order valence-corrected chi connectivity index (χ1v) is 7.97. The van der Waals surface area contributed by atoms with Crippen molar-refractivity contribution in [2.24, 2.45) is 0 Å². The van der Waals surface area contributed by atoms with E-state index in [2.05, 4.69) is 5.32 Å². The van der Waals surface area contributed by atoms with Gasteiger partial charge in [0.15, 0.2) is 17.6 Å². The number of amides is 1. The first kappa shape index (κ1) is 16.8. The molecule has 0 aliphatic carbocycles. The van der Waals surface area contributed by atoms with Crippen LogP contribution in [0.2, 0.25) is 0 Å². The summed E-state index contributed by atoms with van der Waals surface area (Å²) in [4.78, 5) is 24.3. The second-order valence-electron chi connectivity index (χ2n) is 5.77. The fourth-order valence-corrected chi connectivity index (χ4v) is 2.46. The Kier molecular flexibility index (Phi) is 4.88. The molecule has 25 heavy (non-hydrogen) atoms. The predicted octanol–water partition coefficient (Wildman–Crippen LogP) is 2.59. The number of nitrogens with one attached hydrogen (secondary N) is 1. The molecule has 0 unspecified atom stereocenters. The van der Waals surface area contributed by atoms with Crippen LogP contribution in [0.15, 0.2) is 42.5 Å². The largest absolute Gasteiger partial charge is 0.454 e. The fraction of sp³-hybridized carbons (Fsp3) is 0.263. The van der Waals surface area contributed by atoms with Crippen LogP contribution in [0.4, 0.5) is 0 Å². The lowest BCUT2D eigenvalue weighted by molar-refractivity contribution is -0.129. The van der Waals surface area contributed by atoms with Crippen molar-refractivity contribution < 1.29 is 23.8 Å². The van der Waals surface area contributed by atoms with Crippen LogP contribution in [0.1, 0.15) is 28.4 Å². The Morgan fingerprint density at radius 3 is 2.72 bits per heavy atom. The van der Waals surface area contributed by atoms with Gasteiger partial charge in [-0.05, 0) is 43.2 Å². The molecule has 3 rings (SSSR count). The lowest BCUT2D eigenvalue weighted by atomic mass is 10.1. The standard InChI is InChI=1S/C19H19NO5/c1-12-5-3-4-6-15(12)19(22)25-13(2)18(21)20-10-14-7-8-16-17(9-14)24-11-23-16/h3-9,13H,10-11H2,1-2H3,(H,20,21)/t13-/m1/s1. The Hall–Kier alpha value is -3.02. The number of ether oxygens (including phenoxy) is 3. The third-order valence-electron chi connectivity index (χ3n) is 3.92. The number of esters is 1. The molecule has 0 bridgehead atoms. The molecule has 2 aromatic carbocycles. The third kappa shape index (κ3) is 3.91. The average molecular weight is 341 g/mol. The number of hydrogen-bond acceptors (Lipinski definition) is 5. The molecular formula is C19H19NO5. The minimum atomic E-state index is -0.888. The summed E-state index contributed by atoms with van der Waals surface area (Å²) < 4.78 is 15.8. The maximum absolute atomic E-state index is 12.2. The lowest BCUT2D eigenvalue weighted by Crippen LogP contribution is -2.35. The fourth-order valence-electron chi connectivity index (χ4n) is 2.46. The first-order chi connectivity index (χ1) is 12.0. The summed E-state index contributed by atoms with van der Waals surface area (Å²) in [5.74, 6) is 0.477. The van der Waals surface area contributed by atoms with E-state index in [-0.39, 0.29) is 12.7 Å². The molecule has 2 aromatic rings. The number of carbonyl (C=O) groups is 2. The van der Waals surface area contributed by atoms with Crippen molar-refractivity contribution in [1.82, 2.24) is 5.32 Å². The van der Waals surface area contributed by atoms with E-state index < -0.39 is 12.1 Å². The Morgan fingerprint density at radius 1 is 1.16 bits per heavy atom. The lowest BCUT2D eigenvalue weighted by Gasteiger charge is -2.14. The number of fused-ring (bicyclic) bond motifs is 1. The molecule has 0 saturated carbocycles. The minimum absolute atomic E-state index is 0.205. The van der Waals surface area contributed by atoms with Crippen LogP contribution in [0.25, 0.3) is 0 Å². The van der Waals surface area contributed by atoms with E-state index in [0.717, 1.165) is 11.1 Å². The molecule has 0 radical (unpaired) electrons. The van der Waals surface area contributed by atoms with Crippen LogP contribution in [0, 0.1) is 6.92 Å². The van der Waals surface area contributed by atoms with Gasteiger partial charge in [0.2, 0.25) is 6.79 Å². The van der Waals surface area contributed by atoms with Crippen molar-refractivity contribution in [3.8, 4) is 11.5 Å². The van der Waals surface area contributed by atoms with E-state index in [4.69, 9.17) is 14.2 Å². The van der Waals surface area contributed by atoms with Gasteiger partial charge in [-0.3, -0.25) is 4.79 Å². The van der Waals surface area contributed by atoms with Crippen molar-refractivity contribution in [1.29, 1.82) is 0 Å². The minimum Gasteiger partial charge on any atom is -0.454 e. The van der Waals surface area contributed by atoms with Gasteiger partial charge in [0, 0.05) is 6.54 Å². The second kappa shape index (κ2) is 7.25. The molecule has 0 saturated heterocycles. The molecule has 6 heteroatoms. The molecule has 1 N–H and O–H groups in total. The smallest absolute Gasteiger partial charge is 0.339 e. The van der Waals surface area contributed by atoms with E-state index in [9.17, 15) is 9.59 Å². The molecule has 1 aliphatic heterocycles. The monoisotopic (exact) mass is 341 g/mol. The zero-order valence-corrected chi connectivity index (χ0v) is 14.1. The molecule has 0 spiro atoms. The SMILES string of the molecule is Cc1ccccc1C(=O)O[C@H](C)C(=O)NCc1ccc2c(c1)OCO2. The van der Waals surface area contributed by atoms with Crippen molar-refractivity contribution in [3.05, 3.63) is 59.2 Å². The van der Waals surface area contributed by atoms with Crippen molar-refractivity contribution >= 4 is 11.9 Å². The summed E-state index contributed by atoms with van der Waals surface area (Å²) in [5.41, 5.74) is 2.13. The highest BCUT2D eigenvalue weighted by Gasteiger charge is 2.20. The number of hydrogen-bond donors (Lipinski definition) is 1. The molecule has 0 aromatic heterocycles. The maximum Gasteiger partial charge on any atom is 0.339 e. The molecule has 130 valence electrons. The van der Waals surface area contributed by atoms with E-state index >= 15 is 0 Å². The van der Waals surface area contributed by atoms with Crippen LogP contribution < -0.4 is 14.8 Å². The third-order valence-corrected chi connectivity index (χ3v) is 3.92. The molecular weight excluding hydrogens is 322 g/mol. The molecule has 1 atom stereocenters. The Balaban J connectivity index is 1.54. The Morgan fingerprint density at radius 2 is 1.92 bits per heavy atom. The zero-order valence-electron chi connectivity index (χ0n) is 14.1. The van der Waals surface area contributed by atoms with Crippen molar-refractivity contribution in [2.45, 2.75) is 26.5 Å². The molecule has 1 amide bonds. The highest BCUT2D eigenvalue weighted by Crippen LogP contribution is 2.32. The summed E-state index contributed by atoms with van der Waals surface area (Å²) in [7, 11) is 0. The molecule has 0 fully saturated rings. The Bertz CT molecular complexity index is 802. The summed E-state index contributed by atoms with van der Waals surface area (Å²) in [6.45, 7) is 3.88. The van der Waals surface area contributed by atoms with Gasteiger partial charge in [0.1, 0.15) is 0 Å². The second-order valence-corrected chi connectivity index (χ2v) is 5.77. The van der Waals surface area contributed by atoms with Crippen molar-refractivity contribution in [2.75, 3.05) is 6.79 Å². The van der Waals surface area contributed by atoms with Gasteiger partial charge < -0.3 is 19.5 Å². The number of rotatable bonds is 5. The maximum atomic E-state index is 12.2. The van der Waals surface area contributed by atoms with E-state index in [0.29, 0.717) is 23.6 Å². The molecule has 6 nitrogen and oxygen atoms in total. The van der Waals surface area contributed by atoms with Gasteiger partial charge in [-0.1, -0.05) is 24.3 Å². The summed E-state index contributed by atoms with van der Waals surface area (Å²) in [5, 5.41) is 2.75. The highest BCUT2D eigenvalue weighted by atomic mass is 16.7. The van der Waals surface area contributed by atoms with Gasteiger partial charge >= 0.3 is 5.97 Å². The van der Waals surface area contributed by atoms with Crippen LogP contribution in [-0.2, 0) is 16.1 Å². The number of carbonyl (C=O) groups excluding carboxylic acids is 2. The van der Waals surface area contributed by atoms with Gasteiger partial charge in [-0.25, -0.2) is 4.79 Å². The predicted molar refractivity (Wildman–Crippen MR) is 90.5 cm³/mol. The highest BCUT2D eigenvalue weighted by molar-refractivity contribution is 5.93. The van der Waals surface area contributed by atoms with Crippen LogP contribution >= 0.6 is 0 Å². The van der Waals surface area contributed by atoms with E-state index in [1.165, 1.54) is 0 Å². The normalized spacial score (nSPS) is 13.2. The summed E-state index contributed by atoms with van der Waals surface area (Å²) in [6.07, 6.45) is -0.888. The first-order valence-electron chi connectivity index (χ1n) is 7.97. The van der Waals surface area contributed by atoms with Gasteiger partial charge in [-0.2, -0.15) is 0 Å². The van der Waals surface area contributed by atoms with Gasteiger partial charge in [0.05, 0.1) is 5.56 Å². The molecule has 1 aliphatic rings. The van der Waals surface area contributed by atoms with Crippen molar-refractivity contribution in [3.63, 3.8) is 0 Å². The van der Waals surface area contributed by atoms with Crippen LogP contribution in [0.5, 0.6) is 11.5 Å². The van der Waals surface area contributed by atoms with Gasteiger partial charge in [-0.15, -0.1) is 0 Å². The van der Waals surface area contributed by atoms with Crippen LogP contribution in [0.3, 0.4) is 0 Å². The summed E-state index contributed by atoms with van der Waals surface area (Å²) >= 11 is 0. The molecule has 1 heterocycles. The van der Waals surface area contributed by atoms with Gasteiger partial charge in [0.25, 0.3) is 5.91 Å². The zero-order chi connectivity index (χ0) is 17.8. The quantitative estimate of drug-likeness (QED) is 0.846.